The van der Waals surface area contributed by atoms with Crippen LogP contribution in [0.4, 0.5) is 5.82 Å². The van der Waals surface area contributed by atoms with Crippen molar-refractivity contribution < 1.29 is 13.5 Å². The Bertz CT molecular complexity index is 457. The molecule has 0 spiro atoms. The summed E-state index contributed by atoms with van der Waals surface area (Å²) in [7, 11) is -0.448. The number of aliphatic hydroxyl groups is 1. The minimum absolute atomic E-state index is 0.174. The fraction of sp³-hybridized carbons (Fsp3) is 0.545. The van der Waals surface area contributed by atoms with Crippen molar-refractivity contribution in [1.29, 1.82) is 0 Å². The first-order valence-electron chi connectivity index (χ1n) is 5.72. The fourth-order valence-corrected chi connectivity index (χ4v) is 2.15. The van der Waals surface area contributed by atoms with Crippen LogP contribution in [0.15, 0.2) is 23.2 Å². The van der Waals surface area contributed by atoms with Gasteiger partial charge in [-0.25, -0.2) is 17.7 Å². The van der Waals surface area contributed by atoms with E-state index in [1.165, 1.54) is 26.4 Å². The van der Waals surface area contributed by atoms with Gasteiger partial charge >= 0.3 is 0 Å². The van der Waals surface area contributed by atoms with Crippen LogP contribution in [0.25, 0.3) is 0 Å². The second kappa shape index (κ2) is 6.67. The number of hydrogen-bond acceptors (Lipinski definition) is 5. The lowest BCUT2D eigenvalue weighted by Gasteiger charge is -2.11. The molecule has 0 saturated carbocycles. The number of nitrogens with one attached hydrogen (secondary N) is 1. The number of hydrogen-bond donors (Lipinski definition) is 2. The van der Waals surface area contributed by atoms with E-state index < -0.39 is 10.0 Å². The molecular weight excluding hydrogens is 254 g/mol. The first-order valence-corrected chi connectivity index (χ1v) is 7.16. The summed E-state index contributed by atoms with van der Waals surface area (Å²) in [6.45, 7) is 0.877. The molecule has 1 aromatic heterocycles. The zero-order valence-corrected chi connectivity index (χ0v) is 11.4. The molecule has 18 heavy (non-hydrogen) atoms. The number of rotatable bonds is 7. The van der Waals surface area contributed by atoms with Crippen molar-refractivity contribution in [2.24, 2.45) is 0 Å². The van der Waals surface area contributed by atoms with E-state index >= 15 is 0 Å². The molecular formula is C11H19N3O3S. The first kappa shape index (κ1) is 14.9. The molecule has 0 unspecified atom stereocenters. The average molecular weight is 273 g/mol. The Morgan fingerprint density at radius 2 is 2.06 bits per heavy atom. The van der Waals surface area contributed by atoms with E-state index in [9.17, 15) is 8.42 Å². The Labute approximate surface area is 108 Å². The van der Waals surface area contributed by atoms with Crippen LogP contribution < -0.4 is 5.32 Å². The molecule has 1 rings (SSSR count). The van der Waals surface area contributed by atoms with Gasteiger partial charge in [-0.1, -0.05) is 0 Å². The van der Waals surface area contributed by atoms with Gasteiger partial charge in [-0.3, -0.25) is 0 Å². The van der Waals surface area contributed by atoms with Crippen molar-refractivity contribution in [3.8, 4) is 0 Å². The van der Waals surface area contributed by atoms with Crippen molar-refractivity contribution in [2.45, 2.75) is 17.7 Å². The number of unbranched alkanes of at least 4 members (excludes halogenated alkanes) is 1. The highest BCUT2D eigenvalue weighted by Gasteiger charge is 2.16. The largest absolute Gasteiger partial charge is 0.396 e. The summed E-state index contributed by atoms with van der Waals surface area (Å²) in [4.78, 5) is 4.22. The average Bonchev–Trinajstić information content (AvgIpc) is 2.35. The monoisotopic (exact) mass is 273 g/mol. The van der Waals surface area contributed by atoms with Crippen molar-refractivity contribution in [1.82, 2.24) is 9.29 Å². The highest BCUT2D eigenvalue weighted by atomic mass is 32.2. The van der Waals surface area contributed by atoms with Crippen molar-refractivity contribution in [3.63, 3.8) is 0 Å². The second-order valence-corrected chi connectivity index (χ2v) is 6.18. The van der Waals surface area contributed by atoms with E-state index in [1.54, 1.807) is 6.07 Å². The lowest BCUT2D eigenvalue weighted by atomic mass is 10.3. The van der Waals surface area contributed by atoms with Gasteiger partial charge in [-0.05, 0) is 25.0 Å². The smallest absolute Gasteiger partial charge is 0.244 e. The van der Waals surface area contributed by atoms with Crippen molar-refractivity contribution in [3.05, 3.63) is 18.3 Å². The Morgan fingerprint density at radius 3 is 2.56 bits per heavy atom. The lowest BCUT2D eigenvalue weighted by molar-refractivity contribution is 0.286. The van der Waals surface area contributed by atoms with Crippen LogP contribution in [-0.4, -0.2) is 50.1 Å². The van der Waals surface area contributed by atoms with E-state index in [0.29, 0.717) is 12.4 Å². The van der Waals surface area contributed by atoms with Gasteiger partial charge in [-0.2, -0.15) is 0 Å². The number of anilines is 1. The summed E-state index contributed by atoms with van der Waals surface area (Å²) in [6, 6.07) is 3.16. The topological polar surface area (TPSA) is 82.5 Å². The quantitative estimate of drug-likeness (QED) is 0.708. The molecule has 0 aliphatic heterocycles. The standard InChI is InChI=1S/C11H19N3O3S/c1-14(2)18(16,17)10-5-6-11(13-9-10)12-7-3-4-8-15/h5-6,9,15H,3-4,7-8H2,1-2H3,(H,12,13). The predicted molar refractivity (Wildman–Crippen MR) is 69.9 cm³/mol. The molecule has 0 saturated heterocycles. The van der Waals surface area contributed by atoms with Crippen LogP contribution in [0.3, 0.4) is 0 Å². The molecule has 1 heterocycles. The zero-order chi connectivity index (χ0) is 13.6. The summed E-state index contributed by atoms with van der Waals surface area (Å²) >= 11 is 0. The number of aliphatic hydroxyl groups excluding tert-OH is 1. The Morgan fingerprint density at radius 1 is 1.33 bits per heavy atom. The van der Waals surface area contributed by atoms with Gasteiger partial charge in [0, 0.05) is 33.4 Å². The third-order valence-corrected chi connectivity index (χ3v) is 4.20. The SMILES string of the molecule is CN(C)S(=O)(=O)c1ccc(NCCCCO)nc1. The van der Waals surface area contributed by atoms with Crippen LogP contribution in [-0.2, 0) is 10.0 Å². The van der Waals surface area contributed by atoms with Gasteiger partial charge in [0.15, 0.2) is 0 Å². The van der Waals surface area contributed by atoms with Gasteiger partial charge in [0.05, 0.1) is 0 Å². The Balaban J connectivity index is 2.63. The molecule has 0 aliphatic carbocycles. The molecule has 0 fully saturated rings. The molecule has 1 aromatic rings. The van der Waals surface area contributed by atoms with E-state index in [4.69, 9.17) is 5.11 Å². The summed E-state index contributed by atoms with van der Waals surface area (Å²) in [5, 5.41) is 11.7. The maximum atomic E-state index is 11.8. The molecule has 7 heteroatoms. The maximum Gasteiger partial charge on any atom is 0.244 e. The van der Waals surface area contributed by atoms with Crippen molar-refractivity contribution >= 4 is 15.8 Å². The van der Waals surface area contributed by atoms with Crippen LogP contribution in [0, 0.1) is 0 Å². The second-order valence-electron chi connectivity index (χ2n) is 4.02. The molecule has 0 aliphatic rings. The number of nitrogens with zero attached hydrogens (tertiary/aromatic N) is 2. The molecule has 6 nitrogen and oxygen atoms in total. The van der Waals surface area contributed by atoms with Gasteiger partial charge in [0.1, 0.15) is 10.7 Å². The highest BCUT2D eigenvalue weighted by molar-refractivity contribution is 7.89. The molecule has 0 bridgehead atoms. The molecule has 0 atom stereocenters. The van der Waals surface area contributed by atoms with E-state index in [0.717, 1.165) is 17.1 Å². The molecule has 2 N–H and O–H groups in total. The normalized spacial score (nSPS) is 11.8. The van der Waals surface area contributed by atoms with Gasteiger partial charge in [0.2, 0.25) is 10.0 Å². The number of sulfonamides is 1. The zero-order valence-electron chi connectivity index (χ0n) is 10.6. The van der Waals surface area contributed by atoms with Gasteiger partial charge in [-0.15, -0.1) is 0 Å². The Hall–Kier alpha value is -1.18. The summed E-state index contributed by atoms with van der Waals surface area (Å²) in [5.74, 6) is 0.630. The lowest BCUT2D eigenvalue weighted by Crippen LogP contribution is -2.22. The third kappa shape index (κ3) is 3.94. The number of aromatic nitrogens is 1. The third-order valence-electron chi connectivity index (χ3n) is 2.41. The van der Waals surface area contributed by atoms with Gasteiger partial charge in [0.25, 0.3) is 0 Å². The maximum absolute atomic E-state index is 11.8. The van der Waals surface area contributed by atoms with E-state index in [2.05, 4.69) is 10.3 Å². The molecule has 102 valence electrons. The van der Waals surface area contributed by atoms with Crippen LogP contribution in [0.2, 0.25) is 0 Å². The van der Waals surface area contributed by atoms with Crippen LogP contribution in [0.1, 0.15) is 12.8 Å². The summed E-state index contributed by atoms with van der Waals surface area (Å²) in [6.07, 6.45) is 2.92. The van der Waals surface area contributed by atoms with Crippen molar-refractivity contribution in [2.75, 3.05) is 32.6 Å². The molecule has 0 amide bonds. The minimum atomic E-state index is -3.41. The fourth-order valence-electron chi connectivity index (χ4n) is 1.30. The Kier molecular flexibility index (Phi) is 5.52. The van der Waals surface area contributed by atoms with E-state index in [-0.39, 0.29) is 11.5 Å². The summed E-state index contributed by atoms with van der Waals surface area (Å²) < 4.78 is 24.7. The van der Waals surface area contributed by atoms with Crippen LogP contribution in [0.5, 0.6) is 0 Å². The molecule has 0 radical (unpaired) electrons. The summed E-state index contributed by atoms with van der Waals surface area (Å²) in [5.41, 5.74) is 0. The minimum Gasteiger partial charge on any atom is -0.396 e. The number of pyridine rings is 1. The molecule has 0 aromatic carbocycles. The van der Waals surface area contributed by atoms with Crippen LogP contribution >= 0.6 is 0 Å². The highest BCUT2D eigenvalue weighted by Crippen LogP contribution is 2.13. The predicted octanol–water partition coefficient (Wildman–Crippen LogP) is 0.516. The van der Waals surface area contributed by atoms with Gasteiger partial charge < -0.3 is 10.4 Å². The van der Waals surface area contributed by atoms with E-state index in [1.807, 2.05) is 0 Å². The first-order chi connectivity index (χ1) is 8.48.